The Morgan fingerprint density at radius 3 is 2.85 bits per heavy atom. The third-order valence-corrected chi connectivity index (χ3v) is 4.32. The standard InChI is InChI=1S/C14H16ClN3OS/c1-3-6-9(2)13-17-18-14(20-13)16-12(19)10-7-4-5-8-11(10)15/h4-5,7-9H,3,6H2,1-2H3,(H,16,18,19). The van der Waals surface area contributed by atoms with Crippen molar-refractivity contribution in [2.24, 2.45) is 0 Å². The Morgan fingerprint density at radius 1 is 1.40 bits per heavy atom. The summed E-state index contributed by atoms with van der Waals surface area (Å²) in [4.78, 5) is 12.1. The summed E-state index contributed by atoms with van der Waals surface area (Å²) >= 11 is 7.40. The van der Waals surface area contributed by atoms with E-state index < -0.39 is 0 Å². The molecule has 2 rings (SSSR count). The van der Waals surface area contributed by atoms with Gasteiger partial charge in [-0.15, -0.1) is 10.2 Å². The lowest BCUT2D eigenvalue weighted by Gasteiger charge is -2.04. The number of hydrogen-bond acceptors (Lipinski definition) is 4. The number of anilines is 1. The van der Waals surface area contributed by atoms with Crippen LogP contribution in [-0.4, -0.2) is 16.1 Å². The molecule has 1 aromatic carbocycles. The summed E-state index contributed by atoms with van der Waals surface area (Å²) in [6, 6.07) is 6.93. The molecule has 1 unspecified atom stereocenters. The van der Waals surface area contributed by atoms with Crippen LogP contribution in [0.15, 0.2) is 24.3 Å². The van der Waals surface area contributed by atoms with E-state index in [1.807, 2.05) is 0 Å². The zero-order chi connectivity index (χ0) is 14.5. The summed E-state index contributed by atoms with van der Waals surface area (Å²) < 4.78 is 0. The van der Waals surface area contributed by atoms with Crippen molar-refractivity contribution in [2.45, 2.75) is 32.6 Å². The average Bonchev–Trinajstić information content (AvgIpc) is 2.88. The highest BCUT2D eigenvalue weighted by Crippen LogP contribution is 2.27. The van der Waals surface area contributed by atoms with Gasteiger partial charge in [-0.3, -0.25) is 10.1 Å². The van der Waals surface area contributed by atoms with Gasteiger partial charge in [-0.1, -0.05) is 55.3 Å². The fourth-order valence-electron chi connectivity index (χ4n) is 1.85. The first-order chi connectivity index (χ1) is 9.61. The molecule has 2 aromatic rings. The minimum Gasteiger partial charge on any atom is -0.296 e. The monoisotopic (exact) mass is 309 g/mol. The number of aromatic nitrogens is 2. The van der Waals surface area contributed by atoms with Crippen molar-refractivity contribution in [3.63, 3.8) is 0 Å². The van der Waals surface area contributed by atoms with Gasteiger partial charge in [-0.25, -0.2) is 0 Å². The molecule has 1 heterocycles. The molecule has 0 spiro atoms. The van der Waals surface area contributed by atoms with E-state index in [1.165, 1.54) is 11.3 Å². The number of benzene rings is 1. The van der Waals surface area contributed by atoms with Gasteiger partial charge >= 0.3 is 0 Å². The molecule has 4 nitrogen and oxygen atoms in total. The minimum atomic E-state index is -0.263. The van der Waals surface area contributed by atoms with Crippen LogP contribution in [0.5, 0.6) is 0 Å². The molecule has 1 amide bonds. The van der Waals surface area contributed by atoms with E-state index in [2.05, 4.69) is 29.4 Å². The quantitative estimate of drug-likeness (QED) is 0.893. The zero-order valence-corrected chi connectivity index (χ0v) is 13.0. The molecule has 1 atom stereocenters. The molecule has 0 saturated heterocycles. The van der Waals surface area contributed by atoms with Gasteiger partial charge in [0.25, 0.3) is 5.91 Å². The number of nitrogens with zero attached hydrogens (tertiary/aromatic N) is 2. The van der Waals surface area contributed by atoms with Crippen LogP contribution in [0.25, 0.3) is 0 Å². The molecule has 0 aliphatic rings. The molecular formula is C14H16ClN3OS. The lowest BCUT2D eigenvalue weighted by atomic mass is 10.1. The minimum absolute atomic E-state index is 0.263. The maximum atomic E-state index is 12.1. The number of carbonyl (C=O) groups excluding carboxylic acids is 1. The van der Waals surface area contributed by atoms with Crippen molar-refractivity contribution in [1.29, 1.82) is 0 Å². The van der Waals surface area contributed by atoms with Crippen LogP contribution in [0.1, 0.15) is 48.0 Å². The Kier molecular flexibility index (Phi) is 5.09. The Labute approximate surface area is 127 Å². The highest BCUT2D eigenvalue weighted by molar-refractivity contribution is 7.15. The van der Waals surface area contributed by atoms with Crippen molar-refractivity contribution < 1.29 is 4.79 Å². The summed E-state index contributed by atoms with van der Waals surface area (Å²) in [6.45, 7) is 4.25. The summed E-state index contributed by atoms with van der Waals surface area (Å²) in [5.74, 6) is 0.102. The van der Waals surface area contributed by atoms with Gasteiger partial charge in [-0.05, 0) is 18.6 Å². The van der Waals surface area contributed by atoms with Crippen LogP contribution in [0.3, 0.4) is 0 Å². The summed E-state index contributed by atoms with van der Waals surface area (Å²) in [6.07, 6.45) is 2.16. The lowest BCUT2D eigenvalue weighted by Crippen LogP contribution is -2.12. The molecule has 0 radical (unpaired) electrons. The second kappa shape index (κ2) is 6.81. The van der Waals surface area contributed by atoms with Crippen molar-refractivity contribution in [3.8, 4) is 0 Å². The molecule has 0 aliphatic carbocycles. The first-order valence-corrected chi connectivity index (χ1v) is 7.70. The van der Waals surface area contributed by atoms with Crippen LogP contribution in [0.2, 0.25) is 5.02 Å². The van der Waals surface area contributed by atoms with Crippen molar-refractivity contribution in [3.05, 3.63) is 39.9 Å². The molecule has 6 heteroatoms. The summed E-state index contributed by atoms with van der Waals surface area (Å²) in [7, 11) is 0. The molecule has 0 aliphatic heterocycles. The Bertz CT molecular complexity index is 600. The predicted octanol–water partition coefficient (Wildman–Crippen LogP) is 4.35. The van der Waals surface area contributed by atoms with E-state index in [0.29, 0.717) is 21.6 Å². The van der Waals surface area contributed by atoms with Crippen molar-refractivity contribution >= 4 is 34.0 Å². The SMILES string of the molecule is CCCC(C)c1nnc(NC(=O)c2ccccc2Cl)s1. The first kappa shape index (κ1) is 14.9. The maximum Gasteiger partial charge on any atom is 0.259 e. The van der Waals surface area contributed by atoms with Crippen LogP contribution >= 0.6 is 22.9 Å². The largest absolute Gasteiger partial charge is 0.296 e. The second-order valence-electron chi connectivity index (χ2n) is 4.57. The number of rotatable bonds is 5. The van der Waals surface area contributed by atoms with Gasteiger partial charge in [0, 0.05) is 5.92 Å². The summed E-state index contributed by atoms with van der Waals surface area (Å²) in [5.41, 5.74) is 0.438. The number of nitrogens with one attached hydrogen (secondary N) is 1. The fourth-order valence-corrected chi connectivity index (χ4v) is 2.90. The molecule has 20 heavy (non-hydrogen) atoms. The van der Waals surface area contributed by atoms with E-state index in [0.717, 1.165) is 17.8 Å². The van der Waals surface area contributed by atoms with Crippen LogP contribution in [0, 0.1) is 0 Å². The third-order valence-electron chi connectivity index (χ3n) is 2.92. The van der Waals surface area contributed by atoms with Gasteiger partial charge in [-0.2, -0.15) is 0 Å². The molecule has 0 fully saturated rings. The maximum absolute atomic E-state index is 12.1. The second-order valence-corrected chi connectivity index (χ2v) is 5.99. The smallest absolute Gasteiger partial charge is 0.259 e. The third kappa shape index (κ3) is 3.55. The number of amides is 1. The number of hydrogen-bond donors (Lipinski definition) is 1. The van der Waals surface area contributed by atoms with Gasteiger partial charge in [0.15, 0.2) is 0 Å². The van der Waals surface area contributed by atoms with Crippen molar-refractivity contribution in [1.82, 2.24) is 10.2 Å². The van der Waals surface area contributed by atoms with E-state index >= 15 is 0 Å². The van der Waals surface area contributed by atoms with E-state index in [1.54, 1.807) is 24.3 Å². The molecule has 106 valence electrons. The van der Waals surface area contributed by atoms with Crippen LogP contribution in [0.4, 0.5) is 5.13 Å². The van der Waals surface area contributed by atoms with Crippen LogP contribution < -0.4 is 5.32 Å². The number of carbonyl (C=O) groups is 1. The first-order valence-electron chi connectivity index (χ1n) is 6.51. The normalized spacial score (nSPS) is 12.2. The Hall–Kier alpha value is -1.46. The van der Waals surface area contributed by atoms with E-state index in [-0.39, 0.29) is 5.91 Å². The Balaban J connectivity index is 2.07. The molecule has 1 aromatic heterocycles. The van der Waals surface area contributed by atoms with Gasteiger partial charge in [0.1, 0.15) is 5.01 Å². The average molecular weight is 310 g/mol. The Morgan fingerprint density at radius 2 is 2.15 bits per heavy atom. The molecule has 0 saturated carbocycles. The predicted molar refractivity (Wildman–Crippen MR) is 82.6 cm³/mol. The highest BCUT2D eigenvalue weighted by atomic mass is 35.5. The van der Waals surface area contributed by atoms with E-state index in [4.69, 9.17) is 11.6 Å². The fraction of sp³-hybridized carbons (Fsp3) is 0.357. The van der Waals surface area contributed by atoms with Crippen LogP contribution in [-0.2, 0) is 0 Å². The van der Waals surface area contributed by atoms with Gasteiger partial charge in [0.05, 0.1) is 10.6 Å². The molecular weight excluding hydrogens is 294 g/mol. The lowest BCUT2D eigenvalue weighted by molar-refractivity contribution is 0.102. The molecule has 1 N–H and O–H groups in total. The topological polar surface area (TPSA) is 54.9 Å². The van der Waals surface area contributed by atoms with E-state index in [9.17, 15) is 4.79 Å². The summed E-state index contributed by atoms with van der Waals surface area (Å²) in [5, 5.41) is 12.7. The van der Waals surface area contributed by atoms with Gasteiger partial charge < -0.3 is 0 Å². The number of halogens is 1. The highest BCUT2D eigenvalue weighted by Gasteiger charge is 2.15. The van der Waals surface area contributed by atoms with Crippen molar-refractivity contribution in [2.75, 3.05) is 5.32 Å². The zero-order valence-electron chi connectivity index (χ0n) is 11.4. The van der Waals surface area contributed by atoms with Gasteiger partial charge in [0.2, 0.25) is 5.13 Å². The molecule has 0 bridgehead atoms.